The second-order valence-electron chi connectivity index (χ2n) is 6.35. The van der Waals surface area contributed by atoms with Gasteiger partial charge in [0.1, 0.15) is 5.76 Å². The van der Waals surface area contributed by atoms with Gasteiger partial charge in [-0.1, -0.05) is 12.1 Å². The highest BCUT2D eigenvalue weighted by Crippen LogP contribution is 2.22. The average Bonchev–Trinajstić information content (AvgIpc) is 3.40. The normalized spacial score (nSPS) is 10.8. The quantitative estimate of drug-likeness (QED) is 0.544. The molecular formula is C21H26N4O2S. The van der Waals surface area contributed by atoms with Gasteiger partial charge >= 0.3 is 0 Å². The van der Waals surface area contributed by atoms with Crippen LogP contribution in [0.1, 0.15) is 40.4 Å². The predicted molar refractivity (Wildman–Crippen MR) is 113 cm³/mol. The minimum Gasteiger partial charge on any atom is -0.467 e. The molecule has 2 heterocycles. The van der Waals surface area contributed by atoms with Crippen molar-refractivity contribution < 1.29 is 9.21 Å². The molecule has 1 amide bonds. The Balaban J connectivity index is 1.50. The zero-order valence-corrected chi connectivity index (χ0v) is 17.1. The number of nitrogens with zero attached hydrogens (tertiary/aromatic N) is 2. The summed E-state index contributed by atoms with van der Waals surface area (Å²) in [6.45, 7) is 8.04. The van der Waals surface area contributed by atoms with Gasteiger partial charge in [0.25, 0.3) is 5.91 Å². The van der Waals surface area contributed by atoms with Crippen molar-refractivity contribution >= 4 is 22.4 Å². The zero-order chi connectivity index (χ0) is 19.8. The average molecular weight is 399 g/mol. The number of hydrogen-bond donors (Lipinski definition) is 2. The van der Waals surface area contributed by atoms with Crippen molar-refractivity contribution in [3.05, 3.63) is 70.6 Å². The van der Waals surface area contributed by atoms with Gasteiger partial charge in [-0.3, -0.25) is 4.79 Å². The molecule has 7 heteroatoms. The van der Waals surface area contributed by atoms with E-state index in [1.807, 2.05) is 42.6 Å². The van der Waals surface area contributed by atoms with E-state index in [4.69, 9.17) is 4.42 Å². The molecule has 0 unspecified atom stereocenters. The van der Waals surface area contributed by atoms with Crippen LogP contribution in [0, 0.1) is 0 Å². The van der Waals surface area contributed by atoms with Crippen molar-refractivity contribution in [2.45, 2.75) is 33.5 Å². The molecule has 6 nitrogen and oxygen atoms in total. The van der Waals surface area contributed by atoms with Crippen molar-refractivity contribution in [3.63, 3.8) is 0 Å². The number of hydrogen-bond acceptors (Lipinski definition) is 6. The molecule has 0 atom stereocenters. The van der Waals surface area contributed by atoms with Gasteiger partial charge in [0.2, 0.25) is 0 Å². The van der Waals surface area contributed by atoms with Crippen LogP contribution in [0.4, 0.5) is 5.13 Å². The molecule has 148 valence electrons. The van der Waals surface area contributed by atoms with Crippen LogP contribution in [0.15, 0.2) is 53.3 Å². The van der Waals surface area contributed by atoms with E-state index in [1.54, 1.807) is 17.6 Å². The van der Waals surface area contributed by atoms with Crippen LogP contribution < -0.4 is 15.5 Å². The molecule has 1 aromatic carbocycles. The van der Waals surface area contributed by atoms with Crippen LogP contribution in [0.5, 0.6) is 0 Å². The van der Waals surface area contributed by atoms with Gasteiger partial charge in [-0.2, -0.15) is 0 Å². The fraction of sp³-hybridized carbons (Fsp3) is 0.333. The maximum Gasteiger partial charge on any atom is 0.251 e. The Bertz CT molecular complexity index is 872. The number of carbonyl (C=O) groups is 1. The van der Waals surface area contributed by atoms with Crippen LogP contribution >= 0.6 is 11.3 Å². The van der Waals surface area contributed by atoms with Crippen LogP contribution in [0.25, 0.3) is 0 Å². The SMILES string of the molecule is CCN(CC)c1ncc(CNCc2cccc(C(=O)NCc3ccco3)c2)s1. The molecule has 0 bridgehead atoms. The van der Waals surface area contributed by atoms with Crippen molar-refractivity contribution in [1.29, 1.82) is 0 Å². The number of nitrogens with one attached hydrogen (secondary N) is 2. The third-order valence-corrected chi connectivity index (χ3v) is 5.45. The summed E-state index contributed by atoms with van der Waals surface area (Å²) in [5.74, 6) is 0.629. The number of amides is 1. The summed E-state index contributed by atoms with van der Waals surface area (Å²) >= 11 is 1.72. The lowest BCUT2D eigenvalue weighted by atomic mass is 10.1. The first-order valence-corrected chi connectivity index (χ1v) is 10.3. The van der Waals surface area contributed by atoms with Crippen molar-refractivity contribution in [3.8, 4) is 0 Å². The predicted octanol–water partition coefficient (Wildman–Crippen LogP) is 3.80. The van der Waals surface area contributed by atoms with Crippen LogP contribution in [0.3, 0.4) is 0 Å². The van der Waals surface area contributed by atoms with Gasteiger partial charge in [0.15, 0.2) is 5.13 Å². The lowest BCUT2D eigenvalue weighted by Crippen LogP contribution is -2.22. The van der Waals surface area contributed by atoms with Crippen molar-refractivity contribution in [1.82, 2.24) is 15.6 Å². The topological polar surface area (TPSA) is 70.4 Å². The maximum absolute atomic E-state index is 12.3. The number of furan rings is 1. The van der Waals surface area contributed by atoms with E-state index < -0.39 is 0 Å². The van der Waals surface area contributed by atoms with Gasteiger partial charge in [-0.05, 0) is 43.7 Å². The summed E-state index contributed by atoms with van der Waals surface area (Å²) in [7, 11) is 0. The second-order valence-corrected chi connectivity index (χ2v) is 7.44. The molecule has 0 radical (unpaired) electrons. The van der Waals surface area contributed by atoms with Crippen molar-refractivity contribution in [2.24, 2.45) is 0 Å². The minimum atomic E-state index is -0.107. The summed E-state index contributed by atoms with van der Waals surface area (Å²) in [5.41, 5.74) is 1.71. The number of aromatic nitrogens is 1. The molecule has 0 spiro atoms. The molecule has 0 aliphatic heterocycles. The first-order chi connectivity index (χ1) is 13.7. The highest BCUT2D eigenvalue weighted by atomic mass is 32.1. The van der Waals surface area contributed by atoms with E-state index in [2.05, 4.69) is 34.4 Å². The van der Waals surface area contributed by atoms with E-state index in [9.17, 15) is 4.79 Å². The smallest absolute Gasteiger partial charge is 0.251 e. The molecule has 3 rings (SSSR count). The molecule has 3 aromatic rings. The number of thiazole rings is 1. The van der Waals surface area contributed by atoms with Gasteiger partial charge in [0, 0.05) is 42.8 Å². The van der Waals surface area contributed by atoms with Crippen LogP contribution in [-0.4, -0.2) is 24.0 Å². The van der Waals surface area contributed by atoms with Gasteiger partial charge in [-0.15, -0.1) is 11.3 Å². The highest BCUT2D eigenvalue weighted by Gasteiger charge is 2.09. The van der Waals surface area contributed by atoms with Gasteiger partial charge in [0.05, 0.1) is 12.8 Å². The molecule has 2 N–H and O–H groups in total. The van der Waals surface area contributed by atoms with E-state index in [-0.39, 0.29) is 5.91 Å². The summed E-state index contributed by atoms with van der Waals surface area (Å²) in [6, 6.07) is 11.3. The largest absolute Gasteiger partial charge is 0.467 e. The molecule has 0 saturated carbocycles. The molecule has 0 aliphatic carbocycles. The fourth-order valence-electron chi connectivity index (χ4n) is 2.85. The summed E-state index contributed by atoms with van der Waals surface area (Å²) in [5, 5.41) is 7.37. The fourth-order valence-corrected chi connectivity index (χ4v) is 3.86. The van der Waals surface area contributed by atoms with Crippen LogP contribution in [0.2, 0.25) is 0 Å². The third kappa shape index (κ3) is 5.43. The first kappa shape index (κ1) is 20.1. The van der Waals surface area contributed by atoms with E-state index in [0.29, 0.717) is 18.7 Å². The van der Waals surface area contributed by atoms with E-state index in [0.717, 1.165) is 36.1 Å². The summed E-state index contributed by atoms with van der Waals surface area (Å²) < 4.78 is 5.24. The van der Waals surface area contributed by atoms with E-state index in [1.165, 1.54) is 4.88 Å². The lowest BCUT2D eigenvalue weighted by molar-refractivity contribution is 0.0948. The maximum atomic E-state index is 12.3. The van der Waals surface area contributed by atoms with Gasteiger partial charge in [-0.25, -0.2) is 4.98 Å². The first-order valence-electron chi connectivity index (χ1n) is 9.49. The Morgan fingerprint density at radius 2 is 2.00 bits per heavy atom. The van der Waals surface area contributed by atoms with Gasteiger partial charge < -0.3 is 20.0 Å². The Morgan fingerprint density at radius 3 is 2.75 bits per heavy atom. The van der Waals surface area contributed by atoms with E-state index >= 15 is 0 Å². The highest BCUT2D eigenvalue weighted by molar-refractivity contribution is 7.15. The Labute approximate surface area is 169 Å². The molecule has 0 aliphatic rings. The zero-order valence-electron chi connectivity index (χ0n) is 16.3. The standard InChI is InChI=1S/C21H26N4O2S/c1-3-25(4-2)21-24-15-19(28-21)14-22-12-16-7-5-8-17(11-16)20(26)23-13-18-9-6-10-27-18/h5-11,15,22H,3-4,12-14H2,1-2H3,(H,23,26). The second kappa shape index (κ2) is 10.1. The number of benzene rings is 1. The molecule has 0 fully saturated rings. The number of anilines is 1. The molecule has 28 heavy (non-hydrogen) atoms. The number of carbonyl (C=O) groups excluding carboxylic acids is 1. The van der Waals surface area contributed by atoms with Crippen molar-refractivity contribution in [2.75, 3.05) is 18.0 Å². The molecule has 2 aromatic heterocycles. The number of rotatable bonds is 10. The Hall–Kier alpha value is -2.64. The third-order valence-electron chi connectivity index (χ3n) is 4.40. The molecular weight excluding hydrogens is 372 g/mol. The van der Waals surface area contributed by atoms with Crippen LogP contribution in [-0.2, 0) is 19.6 Å². The lowest BCUT2D eigenvalue weighted by Gasteiger charge is -2.16. The Morgan fingerprint density at radius 1 is 1.14 bits per heavy atom. The summed E-state index contributed by atoms with van der Waals surface area (Å²) in [6.07, 6.45) is 3.53. The molecule has 0 saturated heterocycles. The summed E-state index contributed by atoms with van der Waals surface area (Å²) in [4.78, 5) is 20.3. The Kier molecular flexibility index (Phi) is 7.22. The monoisotopic (exact) mass is 398 g/mol. The minimum absolute atomic E-state index is 0.107.